The zero-order valence-corrected chi connectivity index (χ0v) is 14.6. The average molecular weight is 354 g/mol. The Balaban J connectivity index is 4.25. The van der Waals surface area contributed by atoms with Crippen molar-refractivity contribution in [1.29, 1.82) is 0 Å². The molecule has 8 nitrogen and oxygen atoms in total. The van der Waals surface area contributed by atoms with Crippen LogP contribution < -0.4 is 0 Å². The smallest absolute Gasteiger partial charge is 0.462 e. The van der Waals surface area contributed by atoms with Gasteiger partial charge in [-0.15, -0.1) is 0 Å². The van der Waals surface area contributed by atoms with Gasteiger partial charge in [-0.2, -0.15) is 0 Å². The topological polar surface area (TPSA) is 119 Å². The van der Waals surface area contributed by atoms with E-state index in [1.165, 1.54) is 0 Å². The summed E-state index contributed by atoms with van der Waals surface area (Å²) in [6.45, 7) is 3.03. The molecule has 136 valence electrons. The quantitative estimate of drug-likeness (QED) is 0.294. The summed E-state index contributed by atoms with van der Waals surface area (Å²) in [4.78, 5) is 40.4. The van der Waals surface area contributed by atoms with Crippen LogP contribution in [0.15, 0.2) is 0 Å². The number of phosphoric acid groups is 1. The molecule has 0 spiro atoms. The zero-order valence-electron chi connectivity index (χ0n) is 13.7. The van der Waals surface area contributed by atoms with Crippen molar-refractivity contribution in [1.82, 2.24) is 0 Å². The standard InChI is InChI=1S/C14H27O8P/c1-3-5-6-7-9-13(15)20-10-12(11-21-23(17,18)19)22-14(16)8-4-2/h12H,3-11H2,1-2H3,(H2,17,18,19)/t12-/m1/s1. The van der Waals surface area contributed by atoms with Crippen LogP contribution in [-0.2, 0) is 28.2 Å². The Morgan fingerprint density at radius 1 is 0.957 bits per heavy atom. The fourth-order valence-electron chi connectivity index (χ4n) is 1.70. The molecule has 9 heteroatoms. The van der Waals surface area contributed by atoms with E-state index < -0.39 is 32.5 Å². The summed E-state index contributed by atoms with van der Waals surface area (Å²) in [5.41, 5.74) is 0. The fourth-order valence-corrected chi connectivity index (χ4v) is 2.06. The minimum Gasteiger partial charge on any atom is -0.462 e. The van der Waals surface area contributed by atoms with E-state index in [0.717, 1.165) is 19.3 Å². The van der Waals surface area contributed by atoms with Gasteiger partial charge in [0.15, 0.2) is 6.10 Å². The van der Waals surface area contributed by atoms with Crippen LogP contribution in [0.1, 0.15) is 58.8 Å². The Morgan fingerprint density at radius 3 is 2.22 bits per heavy atom. The third kappa shape index (κ3) is 14.4. The summed E-state index contributed by atoms with van der Waals surface area (Å²) in [7, 11) is -4.68. The van der Waals surface area contributed by atoms with Crippen molar-refractivity contribution < 1.29 is 37.9 Å². The third-order valence-electron chi connectivity index (χ3n) is 2.85. The van der Waals surface area contributed by atoms with Crippen LogP contribution in [0, 0.1) is 0 Å². The molecule has 0 amide bonds. The lowest BCUT2D eigenvalue weighted by Crippen LogP contribution is -2.29. The predicted octanol–water partition coefficient (Wildman–Crippen LogP) is 2.32. The molecule has 0 fully saturated rings. The molecular weight excluding hydrogens is 327 g/mol. The highest BCUT2D eigenvalue weighted by molar-refractivity contribution is 7.46. The Hall–Kier alpha value is -0.950. The van der Waals surface area contributed by atoms with Crippen molar-refractivity contribution in [2.45, 2.75) is 64.9 Å². The van der Waals surface area contributed by atoms with Gasteiger partial charge in [-0.25, -0.2) is 4.57 Å². The minimum absolute atomic E-state index is 0.164. The van der Waals surface area contributed by atoms with E-state index in [1.807, 2.05) is 0 Å². The van der Waals surface area contributed by atoms with E-state index in [1.54, 1.807) is 6.92 Å². The lowest BCUT2D eigenvalue weighted by Gasteiger charge is -2.18. The second kappa shape index (κ2) is 12.5. The molecule has 0 rings (SSSR count). The minimum atomic E-state index is -4.68. The van der Waals surface area contributed by atoms with Crippen molar-refractivity contribution in [3.63, 3.8) is 0 Å². The van der Waals surface area contributed by atoms with Gasteiger partial charge in [0.1, 0.15) is 6.61 Å². The van der Waals surface area contributed by atoms with E-state index in [2.05, 4.69) is 11.4 Å². The molecule has 23 heavy (non-hydrogen) atoms. The van der Waals surface area contributed by atoms with Crippen LogP contribution in [0.4, 0.5) is 0 Å². The Morgan fingerprint density at radius 2 is 1.65 bits per heavy atom. The van der Waals surface area contributed by atoms with Gasteiger partial charge in [-0.1, -0.05) is 33.1 Å². The number of unbranched alkanes of at least 4 members (excludes halogenated alkanes) is 3. The first-order valence-electron chi connectivity index (χ1n) is 7.83. The molecule has 0 aromatic carbocycles. The molecule has 0 saturated carbocycles. The molecule has 0 aliphatic heterocycles. The highest BCUT2D eigenvalue weighted by Crippen LogP contribution is 2.35. The molecule has 1 atom stereocenters. The van der Waals surface area contributed by atoms with Crippen molar-refractivity contribution in [3.8, 4) is 0 Å². The highest BCUT2D eigenvalue weighted by atomic mass is 31.2. The van der Waals surface area contributed by atoms with Crippen LogP contribution in [0.5, 0.6) is 0 Å². The maximum Gasteiger partial charge on any atom is 0.469 e. The van der Waals surface area contributed by atoms with Gasteiger partial charge >= 0.3 is 19.8 Å². The van der Waals surface area contributed by atoms with Crippen LogP contribution in [0.25, 0.3) is 0 Å². The second-order valence-corrected chi connectivity index (χ2v) is 6.38. The summed E-state index contributed by atoms with van der Waals surface area (Å²) in [6, 6.07) is 0. The summed E-state index contributed by atoms with van der Waals surface area (Å²) < 4.78 is 25.0. The normalized spacial score (nSPS) is 12.7. The summed E-state index contributed by atoms with van der Waals surface area (Å²) in [6.07, 6.45) is 3.70. The number of rotatable bonds is 13. The van der Waals surface area contributed by atoms with Gasteiger partial charge in [-0.05, 0) is 12.8 Å². The summed E-state index contributed by atoms with van der Waals surface area (Å²) in [5, 5.41) is 0. The molecular formula is C14H27O8P. The molecule has 0 aliphatic rings. The maximum absolute atomic E-state index is 11.6. The summed E-state index contributed by atoms with van der Waals surface area (Å²) >= 11 is 0. The third-order valence-corrected chi connectivity index (χ3v) is 3.33. The van der Waals surface area contributed by atoms with E-state index >= 15 is 0 Å². The number of ether oxygens (including phenoxy) is 2. The summed E-state index contributed by atoms with van der Waals surface area (Å²) in [5.74, 6) is -0.973. The number of esters is 2. The van der Waals surface area contributed by atoms with Crippen LogP contribution >= 0.6 is 7.82 Å². The molecule has 0 aromatic rings. The lowest BCUT2D eigenvalue weighted by molar-refractivity contribution is -0.161. The van der Waals surface area contributed by atoms with Crippen molar-refractivity contribution >= 4 is 19.8 Å². The zero-order chi connectivity index (χ0) is 17.7. The molecule has 2 N–H and O–H groups in total. The number of phosphoric ester groups is 1. The SMILES string of the molecule is CCCCCCC(=O)OC[C@H](COP(=O)(O)O)OC(=O)CCC. The van der Waals surface area contributed by atoms with Gasteiger partial charge in [-0.3, -0.25) is 14.1 Å². The molecule has 0 radical (unpaired) electrons. The molecule has 0 saturated heterocycles. The molecule has 0 aliphatic carbocycles. The Labute approximate surface area is 136 Å². The number of carbonyl (C=O) groups is 2. The predicted molar refractivity (Wildman–Crippen MR) is 82.5 cm³/mol. The van der Waals surface area contributed by atoms with E-state index in [4.69, 9.17) is 19.3 Å². The van der Waals surface area contributed by atoms with E-state index in [-0.39, 0.29) is 19.4 Å². The van der Waals surface area contributed by atoms with E-state index in [0.29, 0.717) is 12.8 Å². The van der Waals surface area contributed by atoms with Crippen LogP contribution in [-0.4, -0.2) is 41.0 Å². The Bertz CT molecular complexity index is 392. The van der Waals surface area contributed by atoms with Gasteiger partial charge in [0.25, 0.3) is 0 Å². The fraction of sp³-hybridized carbons (Fsp3) is 0.857. The number of hydrogen-bond acceptors (Lipinski definition) is 6. The van der Waals surface area contributed by atoms with Crippen LogP contribution in [0.3, 0.4) is 0 Å². The first kappa shape index (κ1) is 22.1. The lowest BCUT2D eigenvalue weighted by atomic mass is 10.2. The molecule has 0 unspecified atom stereocenters. The highest BCUT2D eigenvalue weighted by Gasteiger charge is 2.22. The Kier molecular flexibility index (Phi) is 12.0. The van der Waals surface area contributed by atoms with Gasteiger partial charge < -0.3 is 19.3 Å². The first-order chi connectivity index (χ1) is 10.8. The monoisotopic (exact) mass is 354 g/mol. The van der Waals surface area contributed by atoms with Crippen molar-refractivity contribution in [2.75, 3.05) is 13.2 Å². The van der Waals surface area contributed by atoms with Crippen molar-refractivity contribution in [2.24, 2.45) is 0 Å². The van der Waals surface area contributed by atoms with Crippen molar-refractivity contribution in [3.05, 3.63) is 0 Å². The van der Waals surface area contributed by atoms with Gasteiger partial charge in [0, 0.05) is 12.8 Å². The van der Waals surface area contributed by atoms with Gasteiger partial charge in [0.05, 0.1) is 6.61 Å². The molecule has 0 bridgehead atoms. The number of carbonyl (C=O) groups excluding carboxylic acids is 2. The molecule has 0 aromatic heterocycles. The first-order valence-corrected chi connectivity index (χ1v) is 9.36. The van der Waals surface area contributed by atoms with Crippen LogP contribution in [0.2, 0.25) is 0 Å². The molecule has 0 heterocycles. The van der Waals surface area contributed by atoms with Gasteiger partial charge in [0.2, 0.25) is 0 Å². The maximum atomic E-state index is 11.6. The average Bonchev–Trinajstić information content (AvgIpc) is 2.46. The second-order valence-electron chi connectivity index (χ2n) is 5.14. The van der Waals surface area contributed by atoms with E-state index in [9.17, 15) is 14.2 Å². The largest absolute Gasteiger partial charge is 0.469 e. The number of hydrogen-bond donors (Lipinski definition) is 2.